The van der Waals surface area contributed by atoms with Crippen molar-refractivity contribution in [1.82, 2.24) is 0 Å². The molecule has 0 spiro atoms. The predicted molar refractivity (Wildman–Crippen MR) is 182 cm³/mol. The third-order valence-electron chi connectivity index (χ3n) is 14.6. The van der Waals surface area contributed by atoms with E-state index in [1.807, 2.05) is 26.0 Å². The molecule has 12 atom stereocenters. The summed E-state index contributed by atoms with van der Waals surface area (Å²) >= 11 is 0. The third kappa shape index (κ3) is 5.41. The number of hydrogen-bond acceptors (Lipinski definition) is 8. The quantitative estimate of drug-likeness (QED) is 0.201. The lowest BCUT2D eigenvalue weighted by Crippen LogP contribution is -2.57. The van der Waals surface area contributed by atoms with Crippen LogP contribution in [-0.2, 0) is 19.1 Å². The summed E-state index contributed by atoms with van der Waals surface area (Å²) in [5.41, 5.74) is 1.44. The van der Waals surface area contributed by atoms with Crippen LogP contribution in [0.15, 0.2) is 59.8 Å². The number of hydrogen-bond donors (Lipinski definition) is 4. The smallest absolute Gasteiger partial charge is 0.338 e. The van der Waals surface area contributed by atoms with Gasteiger partial charge in [0.1, 0.15) is 12.7 Å². The summed E-state index contributed by atoms with van der Waals surface area (Å²) in [4.78, 5) is 26.5. The fourth-order valence-corrected chi connectivity index (χ4v) is 11.5. The van der Waals surface area contributed by atoms with Crippen LogP contribution in [0.25, 0.3) is 0 Å². The van der Waals surface area contributed by atoms with Gasteiger partial charge in [0.05, 0.1) is 31.0 Å². The van der Waals surface area contributed by atoms with Gasteiger partial charge in [-0.05, 0) is 98.5 Å². The van der Waals surface area contributed by atoms with Gasteiger partial charge in [-0.3, -0.25) is 0 Å². The number of carbonyl (C=O) groups is 2. The number of esters is 2. The lowest BCUT2D eigenvalue weighted by molar-refractivity contribution is -0.156. The number of rotatable bonds is 8. The van der Waals surface area contributed by atoms with E-state index in [-0.39, 0.29) is 60.3 Å². The van der Waals surface area contributed by atoms with E-state index in [4.69, 9.17) is 9.47 Å². The maximum Gasteiger partial charge on any atom is 0.338 e. The van der Waals surface area contributed by atoms with Gasteiger partial charge in [-0.2, -0.15) is 0 Å². The Bertz CT molecular complexity index is 1440. The molecular formula is C40H56O8. The summed E-state index contributed by atoms with van der Waals surface area (Å²) < 4.78 is 11.4. The van der Waals surface area contributed by atoms with Crippen molar-refractivity contribution in [3.05, 3.63) is 59.8 Å². The van der Waals surface area contributed by atoms with Crippen LogP contribution in [0.2, 0.25) is 0 Å². The SMILES string of the molecule is C=C1CC[C@@H]2[C@](C)(CO)[C@H](O)CC[C@@]2(C)[C@@H]1/C=C/C1=CC(C(C[C@@H]2C(=C)CC[C@@H]3[C@](C)(CO)[C@H](O)CC[C@@]32C)C2=CCOC2=O)OC1=O. The van der Waals surface area contributed by atoms with Crippen LogP contribution in [0, 0.1) is 51.2 Å². The van der Waals surface area contributed by atoms with E-state index >= 15 is 0 Å². The molecular weight excluding hydrogens is 608 g/mol. The van der Waals surface area contributed by atoms with E-state index in [9.17, 15) is 30.0 Å². The molecule has 4 N–H and O–H groups in total. The molecule has 264 valence electrons. The minimum Gasteiger partial charge on any atom is -0.458 e. The topological polar surface area (TPSA) is 134 Å². The second kappa shape index (κ2) is 12.7. The number of aliphatic hydroxyl groups is 4. The zero-order valence-corrected chi connectivity index (χ0v) is 29.2. The van der Waals surface area contributed by atoms with E-state index in [0.717, 1.165) is 49.7 Å². The molecule has 48 heavy (non-hydrogen) atoms. The van der Waals surface area contributed by atoms with E-state index in [2.05, 4.69) is 33.1 Å². The zero-order chi connectivity index (χ0) is 34.8. The van der Waals surface area contributed by atoms with Gasteiger partial charge in [0.2, 0.25) is 0 Å². The van der Waals surface area contributed by atoms with Gasteiger partial charge in [0.15, 0.2) is 0 Å². The van der Waals surface area contributed by atoms with Crippen molar-refractivity contribution in [2.75, 3.05) is 19.8 Å². The van der Waals surface area contributed by atoms with Crippen molar-refractivity contribution in [2.24, 2.45) is 51.2 Å². The van der Waals surface area contributed by atoms with E-state index in [1.165, 1.54) is 0 Å². The molecule has 4 fully saturated rings. The van der Waals surface area contributed by atoms with Gasteiger partial charge in [0, 0.05) is 28.2 Å². The Morgan fingerprint density at radius 2 is 1.46 bits per heavy atom. The summed E-state index contributed by atoms with van der Waals surface area (Å²) in [6.45, 7) is 17.4. The molecule has 0 aromatic heterocycles. The number of aliphatic hydroxyl groups excluding tert-OH is 4. The van der Waals surface area contributed by atoms with Crippen LogP contribution in [0.3, 0.4) is 0 Å². The minimum absolute atomic E-state index is 0.00875. The molecule has 0 aromatic carbocycles. The minimum atomic E-state index is -0.662. The molecule has 2 heterocycles. The molecule has 4 saturated carbocycles. The molecule has 4 aliphatic carbocycles. The van der Waals surface area contributed by atoms with Crippen molar-refractivity contribution in [3.8, 4) is 0 Å². The highest BCUT2D eigenvalue weighted by atomic mass is 16.6. The first-order valence-corrected chi connectivity index (χ1v) is 18.1. The molecule has 0 aromatic rings. The Morgan fingerprint density at radius 1 is 0.875 bits per heavy atom. The van der Waals surface area contributed by atoms with Gasteiger partial charge in [-0.25, -0.2) is 9.59 Å². The average molecular weight is 665 g/mol. The molecule has 2 unspecified atom stereocenters. The van der Waals surface area contributed by atoms with Gasteiger partial charge < -0.3 is 29.9 Å². The van der Waals surface area contributed by atoms with Crippen molar-refractivity contribution in [2.45, 2.75) is 104 Å². The van der Waals surface area contributed by atoms with Crippen LogP contribution in [-0.4, -0.2) is 70.5 Å². The zero-order valence-electron chi connectivity index (χ0n) is 29.2. The van der Waals surface area contributed by atoms with Gasteiger partial charge >= 0.3 is 11.9 Å². The first-order chi connectivity index (χ1) is 22.6. The molecule has 0 amide bonds. The van der Waals surface area contributed by atoms with Crippen molar-refractivity contribution < 1.29 is 39.5 Å². The molecule has 0 saturated heterocycles. The van der Waals surface area contributed by atoms with Gasteiger partial charge in [-0.1, -0.05) is 64.2 Å². The molecule has 8 heteroatoms. The van der Waals surface area contributed by atoms with Crippen molar-refractivity contribution in [3.63, 3.8) is 0 Å². The summed E-state index contributed by atoms with van der Waals surface area (Å²) in [5.74, 6) is -1.13. The highest BCUT2D eigenvalue weighted by Gasteiger charge is 2.59. The number of carbonyl (C=O) groups excluding carboxylic acids is 2. The number of allylic oxidation sites excluding steroid dienone is 3. The summed E-state index contributed by atoms with van der Waals surface area (Å²) in [7, 11) is 0. The van der Waals surface area contributed by atoms with Crippen molar-refractivity contribution in [1.29, 1.82) is 0 Å². The Morgan fingerprint density at radius 3 is 2.04 bits per heavy atom. The molecule has 6 rings (SSSR count). The first-order valence-electron chi connectivity index (χ1n) is 18.1. The fraction of sp³-hybridized carbons (Fsp3) is 0.700. The second-order valence-electron chi connectivity index (χ2n) is 16.9. The largest absolute Gasteiger partial charge is 0.458 e. The van der Waals surface area contributed by atoms with E-state index in [1.54, 1.807) is 6.08 Å². The van der Waals surface area contributed by atoms with Gasteiger partial charge in [-0.15, -0.1) is 0 Å². The van der Waals surface area contributed by atoms with Crippen molar-refractivity contribution >= 4 is 11.9 Å². The normalized spacial score (nSPS) is 45.3. The summed E-state index contributed by atoms with van der Waals surface area (Å²) in [6.07, 6.45) is 12.3. The van der Waals surface area contributed by atoms with Gasteiger partial charge in [0.25, 0.3) is 0 Å². The fourth-order valence-electron chi connectivity index (χ4n) is 11.5. The standard InChI is InChI=1S/C40H56O8/c1-23-7-11-31-37(3,16-13-33(43)39(31,5)21-41)28(23)10-9-25-19-30(48-35(25)45)27(26-15-18-47-36(26)46)20-29-24(2)8-12-32-38(29,4)17-14-34(44)40(32,6)22-42/h9-10,15,19,27-34,41-44H,1-2,7-8,11-14,16-18,20-22H2,3-6H3/b10-9+/t27?,28-,29-,30?,31+,32+,33-,34-,37+,38-,39+,40+/m1/s1. The van der Waals surface area contributed by atoms with E-state index in [0.29, 0.717) is 30.4 Å². The van der Waals surface area contributed by atoms with Crippen LogP contribution in [0.1, 0.15) is 85.5 Å². The average Bonchev–Trinajstić information content (AvgIpc) is 3.65. The highest BCUT2D eigenvalue weighted by molar-refractivity contribution is 5.95. The highest BCUT2D eigenvalue weighted by Crippen LogP contribution is 2.63. The summed E-state index contributed by atoms with van der Waals surface area (Å²) in [6, 6.07) is 0. The Labute approximate surface area is 285 Å². The van der Waals surface area contributed by atoms with Crippen LogP contribution < -0.4 is 0 Å². The summed E-state index contributed by atoms with van der Waals surface area (Å²) in [5, 5.41) is 42.7. The van der Waals surface area contributed by atoms with E-state index < -0.39 is 41.0 Å². The molecule has 8 nitrogen and oxygen atoms in total. The van der Waals surface area contributed by atoms with Crippen LogP contribution in [0.5, 0.6) is 0 Å². The van der Waals surface area contributed by atoms with Crippen LogP contribution in [0.4, 0.5) is 0 Å². The number of fused-ring (bicyclic) bond motifs is 2. The Hall–Kier alpha value is -2.52. The van der Waals surface area contributed by atoms with Crippen LogP contribution >= 0.6 is 0 Å². The molecule has 2 aliphatic heterocycles. The lowest BCUT2D eigenvalue weighted by Gasteiger charge is -2.60. The first kappa shape index (κ1) is 35.3. The lowest BCUT2D eigenvalue weighted by atomic mass is 9.45. The molecule has 0 radical (unpaired) electrons. The Balaban J connectivity index is 1.30. The number of cyclic esters (lactones) is 2. The maximum atomic E-state index is 13.5. The number of ether oxygens (including phenoxy) is 2. The second-order valence-corrected chi connectivity index (χ2v) is 16.9. The molecule has 0 bridgehead atoms. The Kier molecular flexibility index (Phi) is 9.32. The molecule has 6 aliphatic rings. The third-order valence-corrected chi connectivity index (χ3v) is 14.6. The predicted octanol–water partition coefficient (Wildman–Crippen LogP) is 5.37. The maximum absolute atomic E-state index is 13.5. The monoisotopic (exact) mass is 664 g/mol.